The lowest BCUT2D eigenvalue weighted by Crippen LogP contribution is -2.60. The van der Waals surface area contributed by atoms with E-state index < -0.39 is 17.2 Å². The first kappa shape index (κ1) is 20.7. The number of hydrogen-bond acceptors (Lipinski definition) is 4. The summed E-state index contributed by atoms with van der Waals surface area (Å²) in [5.41, 5.74) is -0.863. The molecule has 2 heterocycles. The molecule has 1 amide bonds. The molecule has 2 saturated heterocycles. The molecule has 1 aromatic carbocycles. The van der Waals surface area contributed by atoms with Crippen molar-refractivity contribution in [3.63, 3.8) is 0 Å². The standard InChI is InChI=1S/C22H31F2N3O2/c23-19-7-6-17(14-20(19)24)15-27-9-3-8-22(29,21(27)28)16-25-10-12-26(13-11-25)18-4-1-2-5-18/h6-7,14,18,29H,1-5,8-13,15-16H2/t22-/m0/s1. The largest absolute Gasteiger partial charge is 0.379 e. The van der Waals surface area contributed by atoms with Gasteiger partial charge in [0.2, 0.25) is 0 Å². The highest BCUT2D eigenvalue weighted by atomic mass is 19.2. The van der Waals surface area contributed by atoms with Crippen LogP contribution in [0.25, 0.3) is 0 Å². The van der Waals surface area contributed by atoms with Crippen LogP contribution in [0.4, 0.5) is 8.78 Å². The number of likely N-dealkylation sites (tertiary alicyclic amines) is 1. The topological polar surface area (TPSA) is 47.0 Å². The fraction of sp³-hybridized carbons (Fsp3) is 0.682. The van der Waals surface area contributed by atoms with Crippen molar-refractivity contribution in [2.45, 2.75) is 56.7 Å². The predicted octanol–water partition coefficient (Wildman–Crippen LogP) is 2.38. The smallest absolute Gasteiger partial charge is 0.256 e. The number of nitrogens with zero attached hydrogens (tertiary/aromatic N) is 3. The van der Waals surface area contributed by atoms with E-state index in [1.807, 2.05) is 0 Å². The summed E-state index contributed by atoms with van der Waals surface area (Å²) in [6.45, 7) is 4.79. The van der Waals surface area contributed by atoms with Crippen LogP contribution in [-0.2, 0) is 11.3 Å². The van der Waals surface area contributed by atoms with Gasteiger partial charge in [-0.1, -0.05) is 18.9 Å². The minimum absolute atomic E-state index is 0.188. The zero-order valence-corrected chi connectivity index (χ0v) is 17.0. The quantitative estimate of drug-likeness (QED) is 0.814. The third-order valence-electron chi connectivity index (χ3n) is 6.79. The summed E-state index contributed by atoms with van der Waals surface area (Å²) < 4.78 is 26.7. The van der Waals surface area contributed by atoms with E-state index >= 15 is 0 Å². The first-order valence-corrected chi connectivity index (χ1v) is 10.9. The van der Waals surface area contributed by atoms with E-state index in [1.165, 1.54) is 31.7 Å². The van der Waals surface area contributed by atoms with Crippen molar-refractivity contribution >= 4 is 5.91 Å². The molecule has 1 aromatic rings. The zero-order chi connectivity index (χ0) is 20.4. The molecule has 0 spiro atoms. The van der Waals surface area contributed by atoms with Gasteiger partial charge in [-0.25, -0.2) is 8.78 Å². The average molecular weight is 408 g/mol. The Labute approximate surface area is 171 Å². The minimum Gasteiger partial charge on any atom is -0.379 e. The van der Waals surface area contributed by atoms with E-state index in [0.717, 1.165) is 38.3 Å². The summed E-state index contributed by atoms with van der Waals surface area (Å²) >= 11 is 0. The molecule has 1 N–H and O–H groups in total. The second kappa shape index (κ2) is 8.66. The Kier molecular flexibility index (Phi) is 6.18. The Morgan fingerprint density at radius 2 is 1.72 bits per heavy atom. The van der Waals surface area contributed by atoms with Crippen molar-refractivity contribution in [1.29, 1.82) is 0 Å². The second-order valence-corrected chi connectivity index (χ2v) is 8.86. The molecule has 7 heteroatoms. The van der Waals surface area contributed by atoms with Crippen LogP contribution in [0, 0.1) is 11.6 Å². The van der Waals surface area contributed by atoms with Crippen LogP contribution < -0.4 is 0 Å². The van der Waals surface area contributed by atoms with Crippen molar-refractivity contribution < 1.29 is 18.7 Å². The van der Waals surface area contributed by atoms with E-state index in [2.05, 4.69) is 9.80 Å². The van der Waals surface area contributed by atoms with E-state index in [0.29, 0.717) is 37.5 Å². The maximum absolute atomic E-state index is 13.5. The Balaban J connectivity index is 1.34. The van der Waals surface area contributed by atoms with Gasteiger partial charge in [0, 0.05) is 51.9 Å². The molecule has 5 nitrogen and oxygen atoms in total. The first-order valence-electron chi connectivity index (χ1n) is 10.9. The molecule has 3 fully saturated rings. The zero-order valence-electron chi connectivity index (χ0n) is 17.0. The van der Waals surface area contributed by atoms with Gasteiger partial charge in [-0.3, -0.25) is 14.6 Å². The fourth-order valence-corrected chi connectivity index (χ4v) is 5.15. The van der Waals surface area contributed by atoms with Gasteiger partial charge in [0.25, 0.3) is 5.91 Å². The van der Waals surface area contributed by atoms with Crippen LogP contribution in [0.15, 0.2) is 18.2 Å². The van der Waals surface area contributed by atoms with E-state index in [4.69, 9.17) is 0 Å². The Morgan fingerprint density at radius 1 is 1.00 bits per heavy atom. The predicted molar refractivity (Wildman–Crippen MR) is 106 cm³/mol. The van der Waals surface area contributed by atoms with Gasteiger partial charge >= 0.3 is 0 Å². The van der Waals surface area contributed by atoms with Crippen LogP contribution >= 0.6 is 0 Å². The van der Waals surface area contributed by atoms with Crippen molar-refractivity contribution in [1.82, 2.24) is 14.7 Å². The molecular formula is C22H31F2N3O2. The molecule has 160 valence electrons. The van der Waals surface area contributed by atoms with Crippen LogP contribution in [0.2, 0.25) is 0 Å². The highest BCUT2D eigenvalue weighted by Crippen LogP contribution is 2.28. The van der Waals surface area contributed by atoms with Gasteiger partial charge < -0.3 is 10.0 Å². The van der Waals surface area contributed by atoms with Gasteiger partial charge in [0.05, 0.1) is 0 Å². The lowest BCUT2D eigenvalue weighted by atomic mass is 9.90. The molecular weight excluding hydrogens is 376 g/mol. The van der Waals surface area contributed by atoms with Gasteiger partial charge in [-0.05, 0) is 43.4 Å². The number of carbonyl (C=O) groups is 1. The Morgan fingerprint density at radius 3 is 2.41 bits per heavy atom. The normalized spacial score (nSPS) is 27.7. The van der Waals surface area contributed by atoms with Gasteiger partial charge in [-0.2, -0.15) is 0 Å². The van der Waals surface area contributed by atoms with Crippen molar-refractivity contribution in [3.8, 4) is 0 Å². The first-order chi connectivity index (χ1) is 13.9. The Hall–Kier alpha value is -1.57. The fourth-order valence-electron chi connectivity index (χ4n) is 5.15. The van der Waals surface area contributed by atoms with Gasteiger partial charge in [0.15, 0.2) is 17.2 Å². The molecule has 3 aliphatic rings. The number of carbonyl (C=O) groups excluding carboxylic acids is 1. The molecule has 1 saturated carbocycles. The monoisotopic (exact) mass is 407 g/mol. The third kappa shape index (κ3) is 4.62. The number of amides is 1. The summed E-state index contributed by atoms with van der Waals surface area (Å²) in [4.78, 5) is 19.4. The minimum atomic E-state index is -1.40. The second-order valence-electron chi connectivity index (χ2n) is 8.86. The molecule has 1 atom stereocenters. The van der Waals surface area contributed by atoms with E-state index in [-0.39, 0.29) is 12.5 Å². The lowest BCUT2D eigenvalue weighted by Gasteiger charge is -2.44. The number of halogens is 2. The maximum Gasteiger partial charge on any atom is 0.256 e. The van der Waals surface area contributed by atoms with Crippen LogP contribution in [0.5, 0.6) is 0 Å². The number of benzene rings is 1. The molecule has 2 aliphatic heterocycles. The number of piperidine rings is 1. The van der Waals surface area contributed by atoms with Crippen LogP contribution in [0.3, 0.4) is 0 Å². The molecule has 29 heavy (non-hydrogen) atoms. The molecule has 0 unspecified atom stereocenters. The third-order valence-corrected chi connectivity index (χ3v) is 6.79. The molecule has 0 aromatic heterocycles. The summed E-state index contributed by atoms with van der Waals surface area (Å²) in [5.74, 6) is -2.11. The molecule has 1 aliphatic carbocycles. The van der Waals surface area contributed by atoms with Crippen molar-refractivity contribution in [2.75, 3.05) is 39.3 Å². The molecule has 4 rings (SSSR count). The molecule has 0 radical (unpaired) electrons. The lowest BCUT2D eigenvalue weighted by molar-refractivity contribution is -0.160. The molecule has 0 bridgehead atoms. The van der Waals surface area contributed by atoms with Gasteiger partial charge in [-0.15, -0.1) is 0 Å². The number of hydrogen-bond donors (Lipinski definition) is 1. The Bertz CT molecular complexity index is 733. The van der Waals surface area contributed by atoms with Crippen molar-refractivity contribution in [3.05, 3.63) is 35.4 Å². The van der Waals surface area contributed by atoms with Gasteiger partial charge in [0.1, 0.15) is 0 Å². The van der Waals surface area contributed by atoms with E-state index in [1.54, 1.807) is 4.90 Å². The maximum atomic E-state index is 13.5. The van der Waals surface area contributed by atoms with Crippen LogP contribution in [0.1, 0.15) is 44.1 Å². The number of β-amino-alcohol motifs (C(OH)–C–C–N with tert-alkyl or cyclic N) is 1. The summed E-state index contributed by atoms with van der Waals surface area (Å²) in [6, 6.07) is 4.40. The number of rotatable bonds is 5. The van der Waals surface area contributed by atoms with Crippen LogP contribution in [-0.4, -0.2) is 76.6 Å². The summed E-state index contributed by atoms with van der Waals surface area (Å²) in [6.07, 6.45) is 6.39. The highest BCUT2D eigenvalue weighted by Gasteiger charge is 2.43. The van der Waals surface area contributed by atoms with Crippen molar-refractivity contribution in [2.24, 2.45) is 0 Å². The van der Waals surface area contributed by atoms with E-state index in [9.17, 15) is 18.7 Å². The summed E-state index contributed by atoms with van der Waals surface area (Å²) in [7, 11) is 0. The highest BCUT2D eigenvalue weighted by molar-refractivity contribution is 5.86. The number of piperazine rings is 1. The summed E-state index contributed by atoms with van der Waals surface area (Å²) in [5, 5.41) is 11.1. The number of aliphatic hydroxyl groups is 1. The SMILES string of the molecule is O=C1N(Cc2ccc(F)c(F)c2)CCC[C@]1(O)CN1CCN(C2CCCC2)CC1. The average Bonchev–Trinajstić information content (AvgIpc) is 3.24.